The van der Waals surface area contributed by atoms with Gasteiger partial charge in [-0.25, -0.2) is 9.37 Å². The van der Waals surface area contributed by atoms with E-state index in [0.29, 0.717) is 43.9 Å². The molecule has 0 aliphatic carbocycles. The van der Waals surface area contributed by atoms with E-state index in [1.54, 1.807) is 32.5 Å². The van der Waals surface area contributed by atoms with E-state index in [4.69, 9.17) is 14.2 Å². The number of nitrogens with one attached hydrogen (secondary N) is 2. The molecule has 1 aromatic carbocycles. The number of methoxy groups -OCH3 is 1. The average molecular weight is 518 g/mol. The van der Waals surface area contributed by atoms with Crippen LogP contribution in [0.5, 0.6) is 11.6 Å². The number of nitrogens with zero attached hydrogens (tertiary/aromatic N) is 2. The molecule has 2 rings (SSSR count). The van der Waals surface area contributed by atoms with Crippen molar-refractivity contribution in [2.24, 2.45) is 4.99 Å². The third-order valence-corrected chi connectivity index (χ3v) is 3.75. The number of rotatable bonds is 10. The van der Waals surface area contributed by atoms with Crippen molar-refractivity contribution in [2.75, 3.05) is 33.9 Å². The maximum absolute atomic E-state index is 13.0. The van der Waals surface area contributed by atoms with Crippen LogP contribution in [0.15, 0.2) is 47.6 Å². The van der Waals surface area contributed by atoms with Gasteiger partial charge in [0.1, 0.15) is 24.3 Å². The van der Waals surface area contributed by atoms with Crippen LogP contribution in [-0.2, 0) is 11.3 Å². The number of hydrogen-bond acceptors (Lipinski definition) is 5. The van der Waals surface area contributed by atoms with Crippen molar-refractivity contribution in [3.8, 4) is 11.6 Å². The highest BCUT2D eigenvalue weighted by Gasteiger charge is 2.08. The summed E-state index contributed by atoms with van der Waals surface area (Å²) in [5, 5.41) is 6.43. The highest BCUT2D eigenvalue weighted by molar-refractivity contribution is 14.0. The minimum absolute atomic E-state index is 0. The van der Waals surface area contributed by atoms with Crippen molar-refractivity contribution in [1.29, 1.82) is 0 Å². The van der Waals surface area contributed by atoms with Gasteiger partial charge in [0, 0.05) is 32.5 Å². The van der Waals surface area contributed by atoms with Crippen molar-refractivity contribution in [3.05, 3.63) is 54.0 Å². The molecular weight excluding hydrogens is 490 g/mol. The fourth-order valence-electron chi connectivity index (χ4n) is 2.34. The van der Waals surface area contributed by atoms with Crippen LogP contribution in [0.25, 0.3) is 0 Å². The van der Waals surface area contributed by atoms with E-state index in [9.17, 15) is 4.39 Å². The van der Waals surface area contributed by atoms with E-state index in [1.165, 1.54) is 12.1 Å². The molecule has 2 N–H and O–H groups in total. The molecule has 0 radical (unpaired) electrons. The lowest BCUT2D eigenvalue weighted by Gasteiger charge is -2.18. The van der Waals surface area contributed by atoms with Crippen molar-refractivity contribution in [2.45, 2.75) is 19.6 Å². The van der Waals surface area contributed by atoms with Crippen LogP contribution < -0.4 is 20.1 Å². The number of aromatic nitrogens is 1. The summed E-state index contributed by atoms with van der Waals surface area (Å²) in [4.78, 5) is 8.46. The number of ether oxygens (including phenoxy) is 3. The van der Waals surface area contributed by atoms with E-state index in [1.807, 2.05) is 19.1 Å². The van der Waals surface area contributed by atoms with Gasteiger partial charge in [0.05, 0.1) is 13.2 Å². The lowest BCUT2D eigenvalue weighted by molar-refractivity contribution is 0.143. The molecule has 0 aliphatic rings. The standard InChI is InChI=1S/C20H27FN4O3.HI/c1-15(28-18-8-6-17(21)7-9-18)13-24-20(22-2)25-14-16-5-4-10-23-19(16)27-12-11-26-3;/h4-10,15H,11-14H2,1-3H3,(H2,22,24,25);1H. The molecule has 0 saturated heterocycles. The molecule has 1 aromatic heterocycles. The van der Waals surface area contributed by atoms with Gasteiger partial charge in [-0.2, -0.15) is 0 Å². The zero-order chi connectivity index (χ0) is 20.2. The van der Waals surface area contributed by atoms with Gasteiger partial charge in [0.15, 0.2) is 5.96 Å². The summed E-state index contributed by atoms with van der Waals surface area (Å²) in [7, 11) is 3.32. The first-order chi connectivity index (χ1) is 13.6. The van der Waals surface area contributed by atoms with Gasteiger partial charge >= 0.3 is 0 Å². The van der Waals surface area contributed by atoms with Crippen molar-refractivity contribution >= 4 is 29.9 Å². The number of benzene rings is 1. The summed E-state index contributed by atoms with van der Waals surface area (Å²) < 4.78 is 29.3. The SMILES string of the molecule is CN=C(NCc1cccnc1OCCOC)NCC(C)Oc1ccc(F)cc1.I. The lowest BCUT2D eigenvalue weighted by Crippen LogP contribution is -2.41. The van der Waals surface area contributed by atoms with Crippen LogP contribution in [0, 0.1) is 5.82 Å². The topological polar surface area (TPSA) is 77.0 Å². The lowest BCUT2D eigenvalue weighted by atomic mass is 10.2. The number of guanidine groups is 1. The maximum Gasteiger partial charge on any atom is 0.218 e. The monoisotopic (exact) mass is 518 g/mol. The van der Waals surface area contributed by atoms with E-state index >= 15 is 0 Å². The zero-order valence-corrected chi connectivity index (χ0v) is 19.2. The molecule has 0 aliphatic heterocycles. The molecule has 2 aromatic rings. The summed E-state index contributed by atoms with van der Waals surface area (Å²) in [6.45, 7) is 3.89. The molecule has 160 valence electrons. The summed E-state index contributed by atoms with van der Waals surface area (Å²) in [5.74, 6) is 1.52. The highest BCUT2D eigenvalue weighted by atomic mass is 127. The first-order valence-electron chi connectivity index (χ1n) is 9.04. The zero-order valence-electron chi connectivity index (χ0n) is 16.9. The summed E-state index contributed by atoms with van der Waals surface area (Å²) >= 11 is 0. The summed E-state index contributed by atoms with van der Waals surface area (Å²) in [6, 6.07) is 9.75. The van der Waals surface area contributed by atoms with Crippen LogP contribution in [0.1, 0.15) is 12.5 Å². The third kappa shape index (κ3) is 9.27. The first kappa shape index (κ1) is 24.9. The van der Waals surface area contributed by atoms with Crippen LogP contribution in [-0.4, -0.2) is 51.0 Å². The van der Waals surface area contributed by atoms with E-state index in [-0.39, 0.29) is 35.9 Å². The quantitative estimate of drug-likeness (QED) is 0.218. The van der Waals surface area contributed by atoms with Crippen molar-refractivity contribution in [1.82, 2.24) is 15.6 Å². The second-order valence-electron chi connectivity index (χ2n) is 6.00. The van der Waals surface area contributed by atoms with Crippen molar-refractivity contribution < 1.29 is 18.6 Å². The second-order valence-corrected chi connectivity index (χ2v) is 6.00. The third-order valence-electron chi connectivity index (χ3n) is 3.75. The Kier molecular flexibility index (Phi) is 12.0. The number of hydrogen-bond donors (Lipinski definition) is 2. The van der Waals surface area contributed by atoms with Crippen LogP contribution >= 0.6 is 24.0 Å². The first-order valence-corrected chi connectivity index (χ1v) is 9.04. The number of halogens is 2. The largest absolute Gasteiger partial charge is 0.489 e. The van der Waals surface area contributed by atoms with Gasteiger partial charge in [-0.15, -0.1) is 24.0 Å². The van der Waals surface area contributed by atoms with E-state index in [2.05, 4.69) is 20.6 Å². The summed E-state index contributed by atoms with van der Waals surface area (Å²) in [5.41, 5.74) is 0.914. The van der Waals surface area contributed by atoms with Crippen LogP contribution in [0.2, 0.25) is 0 Å². The Labute approximate surface area is 188 Å². The van der Waals surface area contributed by atoms with Crippen molar-refractivity contribution in [3.63, 3.8) is 0 Å². The average Bonchev–Trinajstić information content (AvgIpc) is 2.71. The Balaban J connectivity index is 0.00000420. The molecule has 0 amide bonds. The molecule has 0 bridgehead atoms. The molecule has 29 heavy (non-hydrogen) atoms. The molecule has 1 heterocycles. The minimum atomic E-state index is -0.288. The predicted molar refractivity (Wildman–Crippen MR) is 122 cm³/mol. The van der Waals surface area contributed by atoms with E-state index in [0.717, 1.165) is 5.56 Å². The fourth-order valence-corrected chi connectivity index (χ4v) is 2.34. The molecule has 7 nitrogen and oxygen atoms in total. The normalized spacial score (nSPS) is 11.9. The molecule has 1 unspecified atom stereocenters. The van der Waals surface area contributed by atoms with Crippen LogP contribution in [0.4, 0.5) is 4.39 Å². The van der Waals surface area contributed by atoms with Gasteiger partial charge in [-0.05, 0) is 37.3 Å². The van der Waals surface area contributed by atoms with Gasteiger partial charge in [0.2, 0.25) is 5.88 Å². The highest BCUT2D eigenvalue weighted by Crippen LogP contribution is 2.14. The predicted octanol–water partition coefficient (Wildman–Crippen LogP) is 3.00. The van der Waals surface area contributed by atoms with E-state index < -0.39 is 0 Å². The molecule has 1 atom stereocenters. The Morgan fingerprint density at radius 1 is 1.17 bits per heavy atom. The smallest absolute Gasteiger partial charge is 0.218 e. The summed E-state index contributed by atoms with van der Waals surface area (Å²) in [6.07, 6.45) is 1.56. The Bertz CT molecular complexity index is 747. The number of aliphatic imine (C=N–C) groups is 1. The van der Waals surface area contributed by atoms with Gasteiger partial charge in [-0.3, -0.25) is 4.99 Å². The van der Waals surface area contributed by atoms with Gasteiger partial charge in [0.25, 0.3) is 0 Å². The Hall–Kier alpha value is -2.14. The second kappa shape index (κ2) is 13.9. The molecule has 0 saturated carbocycles. The van der Waals surface area contributed by atoms with Gasteiger partial charge in [-0.1, -0.05) is 6.07 Å². The van der Waals surface area contributed by atoms with Gasteiger partial charge < -0.3 is 24.8 Å². The molecule has 0 spiro atoms. The minimum Gasteiger partial charge on any atom is -0.489 e. The Morgan fingerprint density at radius 3 is 2.62 bits per heavy atom. The molecular formula is C20H28FIN4O3. The maximum atomic E-state index is 13.0. The number of pyridine rings is 1. The molecule has 0 fully saturated rings. The van der Waals surface area contributed by atoms with Crippen LogP contribution in [0.3, 0.4) is 0 Å². The Morgan fingerprint density at radius 2 is 1.93 bits per heavy atom. The fraction of sp³-hybridized carbons (Fsp3) is 0.400. The molecule has 9 heteroatoms.